The lowest BCUT2D eigenvalue weighted by atomic mass is 9.97. The van der Waals surface area contributed by atoms with Crippen LogP contribution in [-0.4, -0.2) is 28.5 Å². The van der Waals surface area contributed by atoms with Gasteiger partial charge >= 0.3 is 0 Å². The number of rotatable bonds is 7. The molecule has 0 unspecified atom stereocenters. The Labute approximate surface area is 200 Å². The van der Waals surface area contributed by atoms with Crippen LogP contribution in [-0.2, 0) is 24.1 Å². The summed E-state index contributed by atoms with van der Waals surface area (Å²) >= 11 is 0. The summed E-state index contributed by atoms with van der Waals surface area (Å²) in [5.41, 5.74) is 2.01. The first-order chi connectivity index (χ1) is 16.6. The Kier molecular flexibility index (Phi) is 6.44. The Morgan fingerprint density at radius 1 is 0.971 bits per heavy atom. The predicted octanol–water partition coefficient (Wildman–Crippen LogP) is 4.28. The first kappa shape index (κ1) is 24.1. The monoisotopic (exact) mass is 500 g/mol. The number of nitrogens with zero attached hydrogens (tertiary/aromatic N) is 3. The summed E-state index contributed by atoms with van der Waals surface area (Å²) in [5.74, 6) is -1.85. The lowest BCUT2D eigenvalue weighted by molar-refractivity contribution is 0.439. The second-order valence-corrected chi connectivity index (χ2v) is 9.86. The van der Waals surface area contributed by atoms with Crippen molar-refractivity contribution < 1.29 is 21.9 Å². The number of anilines is 1. The maximum Gasteiger partial charge on any atom is 0.250 e. The molecule has 0 aliphatic rings. The van der Waals surface area contributed by atoms with E-state index in [0.29, 0.717) is 28.3 Å². The Morgan fingerprint density at radius 3 is 2.37 bits per heavy atom. The molecule has 0 amide bonds. The number of halogens is 2. The van der Waals surface area contributed by atoms with Gasteiger partial charge in [-0.15, -0.1) is 0 Å². The Morgan fingerprint density at radius 2 is 1.71 bits per heavy atom. The fraction of sp³-hybridized carbons (Fsp3) is 0.167. The molecule has 4 aromatic rings. The van der Waals surface area contributed by atoms with E-state index in [1.807, 2.05) is 0 Å². The average molecular weight is 501 g/mol. The molecule has 35 heavy (non-hydrogen) atoms. The predicted molar refractivity (Wildman–Crippen MR) is 129 cm³/mol. The summed E-state index contributed by atoms with van der Waals surface area (Å²) in [6, 6.07) is 8.83. The van der Waals surface area contributed by atoms with Gasteiger partial charge in [-0.1, -0.05) is 0 Å². The van der Waals surface area contributed by atoms with Crippen LogP contribution in [0.2, 0.25) is 0 Å². The van der Waals surface area contributed by atoms with Crippen LogP contribution in [0.15, 0.2) is 65.8 Å². The Bertz CT molecular complexity index is 1580. The minimum absolute atomic E-state index is 0.137. The number of aryl methyl sites for hydroxylation is 2. The van der Waals surface area contributed by atoms with Crippen molar-refractivity contribution in [3.8, 4) is 33.8 Å². The zero-order valence-corrected chi connectivity index (χ0v) is 19.9. The molecule has 1 N–H and O–H groups in total. The summed E-state index contributed by atoms with van der Waals surface area (Å²) in [5, 5.41) is 4.17. The highest BCUT2D eigenvalue weighted by Gasteiger charge is 2.19. The van der Waals surface area contributed by atoms with Crippen LogP contribution in [0.1, 0.15) is 6.92 Å². The first-order valence-corrected chi connectivity index (χ1v) is 12.2. The molecule has 0 aliphatic carbocycles. The second kappa shape index (κ2) is 9.34. The molecule has 0 spiro atoms. The molecule has 0 saturated heterocycles. The third-order valence-corrected chi connectivity index (χ3v) is 6.59. The van der Waals surface area contributed by atoms with Gasteiger partial charge in [-0.25, -0.2) is 17.2 Å². The maximum atomic E-state index is 14.4. The van der Waals surface area contributed by atoms with Crippen molar-refractivity contribution in [3.63, 3.8) is 0 Å². The third kappa shape index (κ3) is 5.24. The van der Waals surface area contributed by atoms with Gasteiger partial charge in [0.1, 0.15) is 11.6 Å². The fourth-order valence-electron chi connectivity index (χ4n) is 3.46. The van der Waals surface area contributed by atoms with E-state index in [9.17, 15) is 22.0 Å². The summed E-state index contributed by atoms with van der Waals surface area (Å²) in [7, 11) is -0.285. The number of hydrogen-bond acceptors (Lipinski definition) is 5. The van der Waals surface area contributed by atoms with Crippen molar-refractivity contribution in [2.45, 2.75) is 6.92 Å². The van der Waals surface area contributed by atoms with Crippen LogP contribution in [0, 0.1) is 11.6 Å². The fourth-order valence-corrected chi connectivity index (χ4v) is 4.10. The van der Waals surface area contributed by atoms with Crippen LogP contribution >= 0.6 is 0 Å². The number of aromatic nitrogens is 3. The topological polar surface area (TPSA) is 95.2 Å². The summed E-state index contributed by atoms with van der Waals surface area (Å²) in [6.45, 7) is 1.51. The van der Waals surface area contributed by atoms with Crippen molar-refractivity contribution in [1.29, 1.82) is 0 Å². The van der Waals surface area contributed by atoms with Crippen LogP contribution in [0.5, 0.6) is 11.5 Å². The van der Waals surface area contributed by atoms with E-state index >= 15 is 0 Å². The molecule has 0 atom stereocenters. The smallest absolute Gasteiger partial charge is 0.250 e. The van der Waals surface area contributed by atoms with Gasteiger partial charge in [0, 0.05) is 61.0 Å². The van der Waals surface area contributed by atoms with Gasteiger partial charge in [0.15, 0.2) is 11.6 Å². The lowest BCUT2D eigenvalue weighted by Crippen LogP contribution is -2.16. The molecule has 11 heteroatoms. The minimum atomic E-state index is -3.59. The molecular weight excluding hydrogens is 478 g/mol. The Balaban J connectivity index is 1.95. The van der Waals surface area contributed by atoms with E-state index in [0.717, 1.165) is 12.1 Å². The number of sulfonamides is 1. The molecular formula is C24H22F2N4O4S. The molecule has 0 saturated carbocycles. The highest BCUT2D eigenvalue weighted by atomic mass is 32.2. The number of pyridine rings is 1. The van der Waals surface area contributed by atoms with Crippen molar-refractivity contribution >= 4 is 15.7 Å². The molecule has 2 heterocycles. The zero-order chi connectivity index (χ0) is 25.3. The second-order valence-electron chi connectivity index (χ2n) is 7.85. The maximum absolute atomic E-state index is 14.4. The highest BCUT2D eigenvalue weighted by Crippen LogP contribution is 2.40. The van der Waals surface area contributed by atoms with E-state index in [-0.39, 0.29) is 28.5 Å². The van der Waals surface area contributed by atoms with Crippen molar-refractivity contribution in [2.75, 3.05) is 10.5 Å². The largest absolute Gasteiger partial charge is 0.454 e. The lowest BCUT2D eigenvalue weighted by Gasteiger charge is -2.17. The summed E-state index contributed by atoms with van der Waals surface area (Å²) < 4.78 is 63.3. The molecule has 2 aromatic carbocycles. The van der Waals surface area contributed by atoms with E-state index in [1.54, 1.807) is 37.4 Å². The van der Waals surface area contributed by atoms with Crippen LogP contribution in [0.4, 0.5) is 14.5 Å². The van der Waals surface area contributed by atoms with Gasteiger partial charge < -0.3 is 9.30 Å². The zero-order valence-electron chi connectivity index (χ0n) is 19.1. The number of benzene rings is 2. The van der Waals surface area contributed by atoms with E-state index in [1.165, 1.54) is 35.8 Å². The summed E-state index contributed by atoms with van der Waals surface area (Å²) in [6.07, 6.45) is 4.89. The van der Waals surface area contributed by atoms with Crippen LogP contribution in [0.3, 0.4) is 0 Å². The van der Waals surface area contributed by atoms with Gasteiger partial charge in [0.2, 0.25) is 10.0 Å². The molecule has 0 bridgehead atoms. The number of hydrogen-bond donors (Lipinski definition) is 1. The molecule has 4 rings (SSSR count). The van der Waals surface area contributed by atoms with Crippen LogP contribution in [0.25, 0.3) is 22.3 Å². The van der Waals surface area contributed by atoms with E-state index in [4.69, 9.17) is 4.74 Å². The Hall–Kier alpha value is -3.99. The standard InChI is InChI=1S/C24H22F2N4O4S/c1-4-35(32,33)28-17-6-8-22(34-23-7-5-16(25)9-21(23)26)19(10-17)20-14-29(2)24(31)11-18(20)15-12-27-30(3)13-15/h5-14,28H,4H2,1-3H3. The summed E-state index contributed by atoms with van der Waals surface area (Å²) in [4.78, 5) is 12.5. The third-order valence-electron chi connectivity index (χ3n) is 5.28. The van der Waals surface area contributed by atoms with Crippen molar-refractivity contribution in [3.05, 3.63) is 83.0 Å². The van der Waals surface area contributed by atoms with E-state index < -0.39 is 21.7 Å². The van der Waals surface area contributed by atoms with Gasteiger partial charge in [-0.2, -0.15) is 5.10 Å². The molecule has 8 nitrogen and oxygen atoms in total. The molecule has 2 aromatic heterocycles. The van der Waals surface area contributed by atoms with Gasteiger partial charge in [-0.3, -0.25) is 14.2 Å². The average Bonchev–Trinajstić information content (AvgIpc) is 3.24. The molecule has 0 aliphatic heterocycles. The van der Waals surface area contributed by atoms with E-state index in [2.05, 4.69) is 9.82 Å². The van der Waals surface area contributed by atoms with Crippen LogP contribution < -0.4 is 15.0 Å². The first-order valence-electron chi connectivity index (χ1n) is 10.5. The molecule has 182 valence electrons. The number of ether oxygens (including phenoxy) is 1. The van der Waals surface area contributed by atoms with Gasteiger partial charge in [-0.05, 0) is 42.8 Å². The normalized spacial score (nSPS) is 11.5. The molecule has 0 radical (unpaired) electrons. The van der Waals surface area contributed by atoms with Gasteiger partial charge in [0.05, 0.1) is 11.9 Å². The quantitative estimate of drug-likeness (QED) is 0.409. The van der Waals surface area contributed by atoms with Gasteiger partial charge in [0.25, 0.3) is 5.56 Å². The highest BCUT2D eigenvalue weighted by molar-refractivity contribution is 7.92. The molecule has 0 fully saturated rings. The van der Waals surface area contributed by atoms with Crippen molar-refractivity contribution in [1.82, 2.24) is 14.3 Å². The SMILES string of the molecule is CCS(=O)(=O)Nc1ccc(Oc2ccc(F)cc2F)c(-c2cn(C)c(=O)cc2-c2cnn(C)c2)c1. The minimum Gasteiger partial charge on any atom is -0.454 e. The van der Waals surface area contributed by atoms with Crippen molar-refractivity contribution in [2.24, 2.45) is 14.1 Å². The number of nitrogens with one attached hydrogen (secondary N) is 1.